The van der Waals surface area contributed by atoms with Crippen LogP contribution in [0.4, 0.5) is 5.82 Å². The van der Waals surface area contributed by atoms with Crippen LogP contribution in [0.1, 0.15) is 33.8 Å². The van der Waals surface area contributed by atoms with Crippen LogP contribution in [0.5, 0.6) is 0 Å². The Balaban J connectivity index is 1.42. The highest BCUT2D eigenvalue weighted by atomic mass is 35.5. The summed E-state index contributed by atoms with van der Waals surface area (Å²) in [6.45, 7) is -0.441. The number of para-hydroxylation sites is 1. The van der Waals surface area contributed by atoms with E-state index < -0.39 is 18.5 Å². The number of nitrogens with one attached hydrogen (secondary N) is 1. The standard InChI is InChI=1S/C25H18ClN3O4/c26-16-8-10-21(27-13-16)29-22(30)14-33-25(31)23-18-5-1-2-6-20(18)28-24-15(7-9-19(23)24)12-17-4-3-11-32-17/h1-6,8,10-13H,7,9,14H2,(H,27,29,30)/b15-12+. The molecular formula is C25H18ClN3O4. The van der Waals surface area contributed by atoms with E-state index in [-0.39, 0.29) is 0 Å². The van der Waals surface area contributed by atoms with Crippen molar-refractivity contribution < 1.29 is 18.7 Å². The number of fused-ring (bicyclic) bond motifs is 2. The second-order valence-electron chi connectivity index (χ2n) is 7.50. The molecule has 0 atom stereocenters. The smallest absolute Gasteiger partial charge is 0.339 e. The first kappa shape index (κ1) is 20.9. The predicted octanol–water partition coefficient (Wildman–Crippen LogP) is 5.16. The number of furan rings is 1. The molecule has 1 amide bonds. The summed E-state index contributed by atoms with van der Waals surface area (Å²) in [7, 11) is 0. The Hall–Kier alpha value is -3.97. The summed E-state index contributed by atoms with van der Waals surface area (Å²) in [6.07, 6.45) is 6.34. The van der Waals surface area contributed by atoms with Crippen molar-refractivity contribution >= 4 is 51.8 Å². The number of esters is 1. The van der Waals surface area contributed by atoms with E-state index in [1.165, 1.54) is 6.20 Å². The summed E-state index contributed by atoms with van der Waals surface area (Å²) < 4.78 is 10.8. The van der Waals surface area contributed by atoms with Crippen LogP contribution >= 0.6 is 11.6 Å². The maximum Gasteiger partial charge on any atom is 0.339 e. The summed E-state index contributed by atoms with van der Waals surface area (Å²) in [5.74, 6) is -0.0114. The number of anilines is 1. The number of aromatic nitrogens is 2. The zero-order valence-corrected chi connectivity index (χ0v) is 18.1. The van der Waals surface area contributed by atoms with Crippen molar-refractivity contribution in [1.82, 2.24) is 9.97 Å². The van der Waals surface area contributed by atoms with Gasteiger partial charge in [0.1, 0.15) is 11.6 Å². The monoisotopic (exact) mass is 459 g/mol. The van der Waals surface area contributed by atoms with Crippen LogP contribution < -0.4 is 5.32 Å². The lowest BCUT2D eigenvalue weighted by atomic mass is 10.0. The van der Waals surface area contributed by atoms with Gasteiger partial charge in [-0.15, -0.1) is 0 Å². The number of pyridine rings is 2. The molecule has 8 heteroatoms. The molecule has 1 aliphatic carbocycles. The number of carbonyl (C=O) groups is 2. The fraction of sp³-hybridized carbons (Fsp3) is 0.120. The van der Waals surface area contributed by atoms with E-state index in [0.29, 0.717) is 33.7 Å². The second kappa shape index (κ2) is 8.88. The predicted molar refractivity (Wildman–Crippen MR) is 125 cm³/mol. The third-order valence-corrected chi connectivity index (χ3v) is 5.56. The fourth-order valence-electron chi connectivity index (χ4n) is 3.89. The third kappa shape index (κ3) is 4.36. The van der Waals surface area contributed by atoms with Gasteiger partial charge in [0.25, 0.3) is 5.91 Å². The largest absolute Gasteiger partial charge is 0.465 e. The number of ether oxygens (including phenoxy) is 1. The van der Waals surface area contributed by atoms with Crippen LogP contribution in [0.15, 0.2) is 65.4 Å². The quantitative estimate of drug-likeness (QED) is 0.414. The van der Waals surface area contributed by atoms with Crippen LogP contribution in [-0.2, 0) is 16.0 Å². The van der Waals surface area contributed by atoms with Crippen molar-refractivity contribution in [2.45, 2.75) is 12.8 Å². The number of benzene rings is 1. The number of allylic oxidation sites excluding steroid dienone is 1. The molecule has 3 heterocycles. The van der Waals surface area contributed by atoms with Gasteiger partial charge in [0, 0.05) is 11.6 Å². The topological polar surface area (TPSA) is 94.3 Å². The molecule has 7 nitrogen and oxygen atoms in total. The maximum atomic E-state index is 13.1. The van der Waals surface area contributed by atoms with Gasteiger partial charge in [-0.05, 0) is 60.4 Å². The average Bonchev–Trinajstić information content (AvgIpc) is 3.48. The molecule has 164 valence electrons. The number of hydrogen-bond acceptors (Lipinski definition) is 6. The lowest BCUT2D eigenvalue weighted by Crippen LogP contribution is -2.22. The van der Waals surface area contributed by atoms with Crippen molar-refractivity contribution in [3.05, 3.63) is 88.6 Å². The molecule has 0 bridgehead atoms. The Labute approximate surface area is 194 Å². The molecular weight excluding hydrogens is 442 g/mol. The summed E-state index contributed by atoms with van der Waals surface area (Å²) >= 11 is 5.80. The number of rotatable bonds is 5. The number of carbonyl (C=O) groups excluding carboxylic acids is 2. The van der Waals surface area contributed by atoms with Crippen molar-refractivity contribution in [3.8, 4) is 0 Å². The zero-order valence-electron chi connectivity index (χ0n) is 17.4. The normalized spacial score (nSPS) is 13.8. The molecule has 1 aromatic carbocycles. The van der Waals surface area contributed by atoms with E-state index in [9.17, 15) is 9.59 Å². The Morgan fingerprint density at radius 3 is 2.79 bits per heavy atom. The Morgan fingerprint density at radius 1 is 1.12 bits per heavy atom. The molecule has 0 saturated heterocycles. The van der Waals surface area contributed by atoms with Crippen molar-refractivity contribution in [3.63, 3.8) is 0 Å². The lowest BCUT2D eigenvalue weighted by molar-refractivity contribution is -0.119. The molecule has 5 rings (SSSR count). The van der Waals surface area contributed by atoms with Crippen LogP contribution in [0.25, 0.3) is 22.6 Å². The van der Waals surface area contributed by atoms with Crippen molar-refractivity contribution in [2.24, 2.45) is 0 Å². The lowest BCUT2D eigenvalue weighted by Gasteiger charge is -2.12. The molecule has 0 aliphatic heterocycles. The summed E-state index contributed by atoms with van der Waals surface area (Å²) in [6, 6.07) is 14.3. The van der Waals surface area contributed by atoms with Gasteiger partial charge in [-0.1, -0.05) is 29.8 Å². The number of halogens is 1. The second-order valence-corrected chi connectivity index (χ2v) is 7.94. The molecule has 33 heavy (non-hydrogen) atoms. The van der Waals surface area contributed by atoms with E-state index in [4.69, 9.17) is 25.7 Å². The van der Waals surface area contributed by atoms with Gasteiger partial charge in [-0.2, -0.15) is 0 Å². The Bertz CT molecular complexity index is 1380. The van der Waals surface area contributed by atoms with Crippen LogP contribution in [0.3, 0.4) is 0 Å². The minimum Gasteiger partial charge on any atom is -0.465 e. The van der Waals surface area contributed by atoms with Crippen molar-refractivity contribution in [1.29, 1.82) is 0 Å². The molecule has 3 aromatic heterocycles. The summed E-state index contributed by atoms with van der Waals surface area (Å²) in [4.78, 5) is 34.2. The van der Waals surface area contributed by atoms with Crippen LogP contribution in [0, 0.1) is 0 Å². The van der Waals surface area contributed by atoms with E-state index in [1.54, 1.807) is 18.4 Å². The number of nitrogens with zero attached hydrogens (tertiary/aromatic N) is 2. The number of amides is 1. The van der Waals surface area contributed by atoms with Gasteiger partial charge in [-0.25, -0.2) is 14.8 Å². The minimum atomic E-state index is -0.566. The van der Waals surface area contributed by atoms with Gasteiger partial charge < -0.3 is 14.5 Å². The van der Waals surface area contributed by atoms with E-state index in [1.807, 2.05) is 42.5 Å². The number of hydrogen-bond donors (Lipinski definition) is 1. The molecule has 0 radical (unpaired) electrons. The molecule has 1 aliphatic rings. The van der Waals surface area contributed by atoms with E-state index >= 15 is 0 Å². The van der Waals surface area contributed by atoms with E-state index in [2.05, 4.69) is 10.3 Å². The van der Waals surface area contributed by atoms with Gasteiger partial charge in [0.2, 0.25) is 0 Å². The first-order valence-electron chi connectivity index (χ1n) is 10.3. The molecule has 0 unspecified atom stereocenters. The van der Waals surface area contributed by atoms with Gasteiger partial charge in [-0.3, -0.25) is 4.79 Å². The molecule has 0 saturated carbocycles. The first-order valence-corrected chi connectivity index (χ1v) is 10.7. The third-order valence-electron chi connectivity index (χ3n) is 5.33. The van der Waals surface area contributed by atoms with Gasteiger partial charge in [0.05, 0.1) is 28.1 Å². The van der Waals surface area contributed by atoms with Crippen LogP contribution in [-0.4, -0.2) is 28.5 Å². The highest BCUT2D eigenvalue weighted by Gasteiger charge is 2.28. The summed E-state index contributed by atoms with van der Waals surface area (Å²) in [5, 5.41) is 3.73. The van der Waals surface area contributed by atoms with Gasteiger partial charge in [0.15, 0.2) is 6.61 Å². The fourth-order valence-corrected chi connectivity index (χ4v) is 4.00. The van der Waals surface area contributed by atoms with Crippen molar-refractivity contribution in [2.75, 3.05) is 11.9 Å². The highest BCUT2D eigenvalue weighted by Crippen LogP contribution is 2.37. The van der Waals surface area contributed by atoms with E-state index in [0.717, 1.165) is 29.0 Å². The highest BCUT2D eigenvalue weighted by molar-refractivity contribution is 6.30. The maximum absolute atomic E-state index is 13.1. The SMILES string of the molecule is O=C(COC(=O)c1c2c(nc3ccccc13)/C(=C/c1ccco1)CC2)Nc1ccc(Cl)cn1. The minimum absolute atomic E-state index is 0.323. The average molecular weight is 460 g/mol. The summed E-state index contributed by atoms with van der Waals surface area (Å²) in [5.41, 5.74) is 3.69. The molecule has 1 N–H and O–H groups in total. The molecule has 0 spiro atoms. The Kier molecular flexibility index (Phi) is 5.62. The van der Waals surface area contributed by atoms with Gasteiger partial charge >= 0.3 is 5.97 Å². The molecule has 4 aromatic rings. The Morgan fingerprint density at radius 2 is 2.00 bits per heavy atom. The van der Waals surface area contributed by atoms with Crippen LogP contribution in [0.2, 0.25) is 5.02 Å². The zero-order chi connectivity index (χ0) is 22.8. The molecule has 0 fully saturated rings. The first-order chi connectivity index (χ1) is 16.1.